The van der Waals surface area contributed by atoms with E-state index >= 15 is 0 Å². The molecule has 3 aromatic rings. The fourth-order valence-corrected chi connectivity index (χ4v) is 2.91. The topological polar surface area (TPSA) is 86.9 Å². The van der Waals surface area contributed by atoms with Crippen LogP contribution in [0.2, 0.25) is 0 Å². The lowest BCUT2D eigenvalue weighted by Gasteiger charge is -2.03. The van der Waals surface area contributed by atoms with Crippen LogP contribution in [0.3, 0.4) is 0 Å². The highest BCUT2D eigenvalue weighted by Gasteiger charge is 2.25. The standard InChI is InChI=1S/C14H12N4O2S/c15-8-1-4-11-10(7-8)17-14(20-11)21-12-13(19)18(6-5-16-12)9-2-3-9/h1,4-7,9H,2-3,15H2. The van der Waals surface area contributed by atoms with E-state index in [-0.39, 0.29) is 5.56 Å². The van der Waals surface area contributed by atoms with Crippen molar-refractivity contribution in [1.82, 2.24) is 14.5 Å². The minimum absolute atomic E-state index is 0.0910. The SMILES string of the molecule is Nc1ccc2oc(Sc3nccn(C4CC4)c3=O)nc2c1. The average Bonchev–Trinajstić information content (AvgIpc) is 3.22. The lowest BCUT2D eigenvalue weighted by molar-refractivity contribution is 0.488. The number of rotatable bonds is 3. The van der Waals surface area contributed by atoms with Crippen LogP contribution in [-0.4, -0.2) is 14.5 Å². The molecule has 106 valence electrons. The maximum Gasteiger partial charge on any atom is 0.283 e. The molecule has 0 saturated heterocycles. The lowest BCUT2D eigenvalue weighted by Crippen LogP contribution is -2.20. The van der Waals surface area contributed by atoms with Gasteiger partial charge in [0.05, 0.1) is 0 Å². The Morgan fingerprint density at radius 2 is 2.24 bits per heavy atom. The third-order valence-corrected chi connectivity index (χ3v) is 4.18. The molecule has 1 aliphatic carbocycles. The number of oxazole rings is 1. The molecule has 0 amide bonds. The summed E-state index contributed by atoms with van der Waals surface area (Å²) in [6, 6.07) is 5.58. The average molecular weight is 300 g/mol. The largest absolute Gasteiger partial charge is 0.431 e. The minimum atomic E-state index is -0.0910. The first-order valence-electron chi connectivity index (χ1n) is 6.62. The van der Waals surface area contributed by atoms with E-state index in [1.807, 2.05) is 0 Å². The predicted molar refractivity (Wildman–Crippen MR) is 79.3 cm³/mol. The zero-order valence-corrected chi connectivity index (χ0v) is 11.8. The van der Waals surface area contributed by atoms with Gasteiger partial charge in [-0.3, -0.25) is 4.79 Å². The Morgan fingerprint density at radius 1 is 1.38 bits per heavy atom. The van der Waals surface area contributed by atoms with Crippen LogP contribution in [-0.2, 0) is 0 Å². The first kappa shape index (κ1) is 12.5. The Bertz CT molecular complexity index is 882. The van der Waals surface area contributed by atoms with Crippen molar-refractivity contribution in [2.24, 2.45) is 0 Å². The molecule has 0 spiro atoms. The summed E-state index contributed by atoms with van der Waals surface area (Å²) >= 11 is 1.14. The number of nitrogens with two attached hydrogens (primary N) is 1. The van der Waals surface area contributed by atoms with Gasteiger partial charge in [-0.05, 0) is 42.8 Å². The third kappa shape index (κ3) is 2.29. The van der Waals surface area contributed by atoms with Crippen molar-refractivity contribution in [2.45, 2.75) is 29.1 Å². The van der Waals surface area contributed by atoms with Crippen molar-refractivity contribution in [3.05, 3.63) is 40.9 Å². The molecule has 1 fully saturated rings. The van der Waals surface area contributed by atoms with E-state index in [2.05, 4.69) is 9.97 Å². The van der Waals surface area contributed by atoms with Gasteiger partial charge in [-0.2, -0.15) is 0 Å². The highest BCUT2D eigenvalue weighted by molar-refractivity contribution is 7.99. The van der Waals surface area contributed by atoms with Crippen molar-refractivity contribution >= 4 is 28.5 Å². The summed E-state index contributed by atoms with van der Waals surface area (Å²) in [7, 11) is 0. The van der Waals surface area contributed by atoms with E-state index in [1.165, 1.54) is 0 Å². The summed E-state index contributed by atoms with van der Waals surface area (Å²) in [5.41, 5.74) is 7.57. The van der Waals surface area contributed by atoms with Gasteiger partial charge in [-0.1, -0.05) is 0 Å². The van der Waals surface area contributed by atoms with Crippen molar-refractivity contribution in [1.29, 1.82) is 0 Å². The first-order valence-corrected chi connectivity index (χ1v) is 7.43. The number of benzene rings is 1. The zero-order valence-electron chi connectivity index (χ0n) is 11.0. The number of aromatic nitrogens is 3. The van der Waals surface area contributed by atoms with Gasteiger partial charge in [0, 0.05) is 24.1 Å². The maximum absolute atomic E-state index is 12.3. The van der Waals surface area contributed by atoms with Crippen LogP contribution in [0.1, 0.15) is 18.9 Å². The van der Waals surface area contributed by atoms with Gasteiger partial charge < -0.3 is 14.7 Å². The fourth-order valence-electron chi connectivity index (χ4n) is 2.17. The first-order chi connectivity index (χ1) is 10.2. The summed E-state index contributed by atoms with van der Waals surface area (Å²) in [6.07, 6.45) is 5.48. The van der Waals surface area contributed by atoms with E-state index in [9.17, 15) is 4.79 Å². The van der Waals surface area contributed by atoms with Gasteiger partial charge in [-0.15, -0.1) is 0 Å². The van der Waals surface area contributed by atoms with Gasteiger partial charge in [0.2, 0.25) is 0 Å². The van der Waals surface area contributed by atoms with Crippen LogP contribution >= 0.6 is 11.8 Å². The van der Waals surface area contributed by atoms with Crippen molar-refractivity contribution in [3.8, 4) is 0 Å². The monoisotopic (exact) mass is 300 g/mol. The number of fused-ring (bicyclic) bond motifs is 1. The molecule has 2 aromatic heterocycles. The number of hydrogen-bond acceptors (Lipinski definition) is 6. The molecule has 6 nitrogen and oxygen atoms in total. The van der Waals surface area contributed by atoms with Gasteiger partial charge >= 0.3 is 0 Å². The summed E-state index contributed by atoms with van der Waals surface area (Å²) in [5, 5.41) is 0.776. The molecule has 0 unspecified atom stereocenters. The highest BCUT2D eigenvalue weighted by Crippen LogP contribution is 2.34. The third-order valence-electron chi connectivity index (χ3n) is 3.35. The van der Waals surface area contributed by atoms with Crippen molar-refractivity contribution in [2.75, 3.05) is 5.73 Å². The van der Waals surface area contributed by atoms with Crippen LogP contribution in [0.5, 0.6) is 0 Å². The Labute approximate surface area is 124 Å². The second kappa shape index (κ2) is 4.63. The summed E-state index contributed by atoms with van der Waals surface area (Å²) in [4.78, 5) is 20.8. The summed E-state index contributed by atoms with van der Waals surface area (Å²) < 4.78 is 7.34. The molecule has 1 aliphatic rings. The molecule has 1 saturated carbocycles. The number of nitrogen functional groups attached to an aromatic ring is 1. The Kier molecular flexibility index (Phi) is 2.75. The van der Waals surface area contributed by atoms with Crippen LogP contribution < -0.4 is 11.3 Å². The molecule has 0 radical (unpaired) electrons. The molecular formula is C14H12N4O2S. The molecule has 2 N–H and O–H groups in total. The maximum atomic E-state index is 12.3. The second-order valence-corrected chi connectivity index (χ2v) is 5.93. The number of nitrogens with zero attached hydrogens (tertiary/aromatic N) is 3. The molecule has 1 aromatic carbocycles. The molecular weight excluding hydrogens is 288 g/mol. The Morgan fingerprint density at radius 3 is 3.05 bits per heavy atom. The van der Waals surface area contributed by atoms with E-state index in [4.69, 9.17) is 10.2 Å². The molecule has 0 aliphatic heterocycles. The second-order valence-electron chi connectivity index (χ2n) is 4.98. The van der Waals surface area contributed by atoms with Gasteiger partial charge in [0.1, 0.15) is 5.52 Å². The smallest absolute Gasteiger partial charge is 0.283 e. The van der Waals surface area contributed by atoms with Crippen LogP contribution in [0, 0.1) is 0 Å². The normalized spacial score (nSPS) is 14.7. The molecule has 4 rings (SSSR count). The lowest BCUT2D eigenvalue weighted by atomic mass is 10.3. The van der Waals surface area contributed by atoms with E-state index in [0.717, 1.165) is 24.6 Å². The van der Waals surface area contributed by atoms with Crippen LogP contribution in [0.25, 0.3) is 11.1 Å². The fraction of sp³-hybridized carbons (Fsp3) is 0.214. The van der Waals surface area contributed by atoms with E-state index in [0.29, 0.717) is 33.1 Å². The molecule has 0 bridgehead atoms. The Hall–Kier alpha value is -2.28. The van der Waals surface area contributed by atoms with Crippen molar-refractivity contribution < 1.29 is 4.42 Å². The highest BCUT2D eigenvalue weighted by atomic mass is 32.2. The molecule has 2 heterocycles. The molecule has 21 heavy (non-hydrogen) atoms. The summed E-state index contributed by atoms with van der Waals surface area (Å²) in [6.45, 7) is 0. The van der Waals surface area contributed by atoms with Gasteiger partial charge in [-0.25, -0.2) is 9.97 Å². The minimum Gasteiger partial charge on any atom is -0.431 e. The molecule has 7 heteroatoms. The predicted octanol–water partition coefficient (Wildman–Crippen LogP) is 2.45. The van der Waals surface area contributed by atoms with Crippen LogP contribution in [0.15, 0.2) is 50.1 Å². The van der Waals surface area contributed by atoms with E-state index < -0.39 is 0 Å². The Balaban J connectivity index is 1.71. The number of anilines is 1. The van der Waals surface area contributed by atoms with Crippen molar-refractivity contribution in [3.63, 3.8) is 0 Å². The number of hydrogen-bond donors (Lipinski definition) is 1. The van der Waals surface area contributed by atoms with Crippen LogP contribution in [0.4, 0.5) is 5.69 Å². The summed E-state index contributed by atoms with van der Waals surface area (Å²) in [5.74, 6) is 0. The zero-order chi connectivity index (χ0) is 14.4. The van der Waals surface area contributed by atoms with Gasteiger partial charge in [0.25, 0.3) is 10.8 Å². The van der Waals surface area contributed by atoms with Gasteiger partial charge in [0.15, 0.2) is 10.6 Å². The van der Waals surface area contributed by atoms with E-state index in [1.54, 1.807) is 35.2 Å². The quantitative estimate of drug-likeness (QED) is 0.748. The molecule has 0 atom stereocenters.